The van der Waals surface area contributed by atoms with E-state index in [1.165, 1.54) is 18.2 Å². The fraction of sp³-hybridized carbons (Fsp3) is 0.255. The van der Waals surface area contributed by atoms with E-state index in [0.717, 1.165) is 66.2 Å². The van der Waals surface area contributed by atoms with Crippen molar-refractivity contribution in [3.8, 4) is 22.5 Å². The van der Waals surface area contributed by atoms with Crippen LogP contribution in [0.1, 0.15) is 35.4 Å². The maximum absolute atomic E-state index is 13.5. The molecule has 6 aromatic heterocycles. The highest BCUT2D eigenvalue weighted by Crippen LogP contribution is 2.45. The average Bonchev–Trinajstić information content (AvgIpc) is 4.13. The maximum Gasteiger partial charge on any atom is 0.416 e. The van der Waals surface area contributed by atoms with Crippen LogP contribution in [-0.2, 0) is 12.4 Å². The van der Waals surface area contributed by atoms with Crippen LogP contribution < -0.4 is 31.1 Å². The Kier molecular flexibility index (Phi) is 11.8. The number of nitrogens with zero attached hydrogens (tertiary/aromatic N) is 9. The lowest BCUT2D eigenvalue weighted by atomic mass is 10.1. The molecule has 4 aliphatic rings. The molecule has 0 unspecified atom stereocenters. The standard InChI is InChI=1S/C24H19ClF3N7O.C16H13ClF3N3.C7H8N4/c1-12-5-6-16-20(29-12)32-33-21(16)31-23(36)35-15-7-8-34(11-15)18-10-17(25)19(30-22(18)35)13-3-2-4-14(9-13)24(26,27)28;17-12-7-13-15(21-11-4-5-23(13)8-11)22-14(12)9-2-1-3-10(6-9)16(18,19)20;1-4-2-3-5-6(8)10-11-7(5)9-4/h2-6,9-10,15H,7-8,11H2,1H3,(H2,29,31,32,33,36);1-3,6-7,11H,4-5,8H2,(H,21,22);2-3H,1H3,(H3,8,9,10,11)/t15-;11-;/m00./s1. The number of pyridine rings is 4. The molecule has 0 saturated carbocycles. The van der Waals surface area contributed by atoms with Crippen molar-refractivity contribution in [1.82, 2.24) is 40.3 Å². The monoisotopic (exact) mass is 1000 g/mol. The first-order chi connectivity index (χ1) is 33.4. The second-order valence-corrected chi connectivity index (χ2v) is 18.0. The molecule has 70 heavy (non-hydrogen) atoms. The highest BCUT2D eigenvalue weighted by molar-refractivity contribution is 6.34. The lowest BCUT2D eigenvalue weighted by Gasteiger charge is -2.36. The van der Waals surface area contributed by atoms with Crippen molar-refractivity contribution in [2.75, 3.05) is 57.2 Å². The van der Waals surface area contributed by atoms with E-state index >= 15 is 0 Å². The summed E-state index contributed by atoms with van der Waals surface area (Å²) in [5, 5.41) is 21.9. The molecule has 0 spiro atoms. The summed E-state index contributed by atoms with van der Waals surface area (Å²) in [6, 6.07) is 20.6. The van der Waals surface area contributed by atoms with E-state index in [4.69, 9.17) is 28.9 Å². The number of H-pyrrole nitrogens is 2. The van der Waals surface area contributed by atoms with Gasteiger partial charge in [0.15, 0.2) is 28.7 Å². The average molecular weight is 1000 g/mol. The van der Waals surface area contributed by atoms with E-state index < -0.39 is 29.5 Å². The number of aromatic nitrogens is 8. The summed E-state index contributed by atoms with van der Waals surface area (Å²) in [4.78, 5) is 37.1. The number of aromatic amines is 2. The number of carbonyl (C=O) groups excluding carboxylic acids is 1. The van der Waals surface area contributed by atoms with E-state index in [2.05, 4.69) is 60.8 Å². The molecule has 6 N–H and O–H groups in total. The molecule has 4 bridgehead atoms. The van der Waals surface area contributed by atoms with Crippen LogP contribution in [0, 0.1) is 13.8 Å². The number of hydrogen-bond donors (Lipinski definition) is 5. The molecule has 2 fully saturated rings. The minimum absolute atomic E-state index is 0.161. The number of amides is 2. The third-order valence-electron chi connectivity index (χ3n) is 12.4. The Morgan fingerprint density at radius 1 is 0.714 bits per heavy atom. The fourth-order valence-electron chi connectivity index (χ4n) is 8.96. The van der Waals surface area contributed by atoms with Gasteiger partial charge in [-0.05, 0) is 87.4 Å². The number of hydrogen-bond acceptors (Lipinski definition) is 11. The first-order valence-electron chi connectivity index (χ1n) is 21.9. The molecule has 12 rings (SSSR count). The molecular formula is C47H40Cl2F6N14O. The van der Waals surface area contributed by atoms with Crippen molar-refractivity contribution in [1.29, 1.82) is 0 Å². The summed E-state index contributed by atoms with van der Waals surface area (Å²) in [6.07, 6.45) is -7.16. The summed E-state index contributed by atoms with van der Waals surface area (Å²) in [5.74, 6) is 1.94. The third-order valence-corrected chi connectivity index (χ3v) is 13.0. The number of anilines is 6. The number of nitrogen functional groups attached to an aromatic ring is 1. The highest BCUT2D eigenvalue weighted by Gasteiger charge is 2.42. The van der Waals surface area contributed by atoms with Gasteiger partial charge in [0.05, 0.1) is 60.7 Å². The largest absolute Gasteiger partial charge is 0.416 e. The molecule has 360 valence electrons. The van der Waals surface area contributed by atoms with Gasteiger partial charge in [-0.2, -0.15) is 36.5 Å². The Labute approximate surface area is 404 Å². The van der Waals surface area contributed by atoms with Crippen molar-refractivity contribution in [3.63, 3.8) is 0 Å². The van der Waals surface area contributed by atoms with Crippen LogP contribution in [0.25, 0.3) is 44.6 Å². The van der Waals surface area contributed by atoms with Crippen LogP contribution in [0.2, 0.25) is 10.0 Å². The van der Waals surface area contributed by atoms with Crippen molar-refractivity contribution >= 4 is 85.9 Å². The van der Waals surface area contributed by atoms with Crippen LogP contribution in [0.5, 0.6) is 0 Å². The normalized spacial score (nSPS) is 16.8. The van der Waals surface area contributed by atoms with Gasteiger partial charge < -0.3 is 20.9 Å². The molecule has 2 atom stereocenters. The summed E-state index contributed by atoms with van der Waals surface area (Å²) >= 11 is 12.8. The van der Waals surface area contributed by atoms with Gasteiger partial charge in [-0.25, -0.2) is 24.7 Å². The van der Waals surface area contributed by atoms with Gasteiger partial charge in [0.1, 0.15) is 5.82 Å². The molecule has 2 saturated heterocycles. The van der Waals surface area contributed by atoms with E-state index in [1.54, 1.807) is 23.1 Å². The Hall–Kier alpha value is -7.39. The fourth-order valence-corrected chi connectivity index (χ4v) is 9.47. The van der Waals surface area contributed by atoms with Crippen molar-refractivity contribution in [3.05, 3.63) is 117 Å². The van der Waals surface area contributed by atoms with Crippen molar-refractivity contribution in [2.24, 2.45) is 0 Å². The van der Waals surface area contributed by atoms with Gasteiger partial charge in [-0.3, -0.25) is 20.4 Å². The van der Waals surface area contributed by atoms with Crippen LogP contribution in [0.4, 0.5) is 65.8 Å². The first kappa shape index (κ1) is 46.3. The number of rotatable bonds is 3. The third kappa shape index (κ3) is 9.01. The number of carbonyl (C=O) groups is 1. The van der Waals surface area contributed by atoms with Crippen LogP contribution >= 0.6 is 23.2 Å². The summed E-state index contributed by atoms with van der Waals surface area (Å²) in [7, 11) is 0. The zero-order chi connectivity index (χ0) is 49.2. The lowest BCUT2D eigenvalue weighted by molar-refractivity contribution is -0.138. The van der Waals surface area contributed by atoms with Gasteiger partial charge in [-0.15, -0.1) is 0 Å². The minimum Gasteiger partial charge on any atom is -0.384 e. The number of urea groups is 1. The predicted octanol–water partition coefficient (Wildman–Crippen LogP) is 10.9. The Morgan fingerprint density at radius 2 is 1.33 bits per heavy atom. The summed E-state index contributed by atoms with van der Waals surface area (Å²) in [5.41, 5.74) is 9.74. The number of nitrogens with one attached hydrogen (secondary N) is 4. The quantitative estimate of drug-likeness (QED) is 0.106. The molecule has 15 nitrogen and oxygen atoms in total. The molecule has 10 heterocycles. The Balaban J connectivity index is 0.000000141. The molecule has 0 aliphatic carbocycles. The van der Waals surface area contributed by atoms with Crippen molar-refractivity contribution < 1.29 is 31.1 Å². The van der Waals surface area contributed by atoms with Gasteiger partial charge in [-0.1, -0.05) is 47.5 Å². The number of halogens is 8. The highest BCUT2D eigenvalue weighted by atomic mass is 35.5. The Morgan fingerprint density at radius 3 is 2.01 bits per heavy atom. The number of aryl methyl sites for hydroxylation is 2. The lowest BCUT2D eigenvalue weighted by Crippen LogP contribution is -2.48. The van der Waals surface area contributed by atoms with Gasteiger partial charge in [0.2, 0.25) is 0 Å². The van der Waals surface area contributed by atoms with Crippen molar-refractivity contribution in [2.45, 2.75) is 51.1 Å². The minimum atomic E-state index is -4.51. The predicted molar refractivity (Wildman–Crippen MR) is 257 cm³/mol. The summed E-state index contributed by atoms with van der Waals surface area (Å²) in [6.45, 7) is 6.93. The van der Waals surface area contributed by atoms with E-state index in [9.17, 15) is 31.1 Å². The maximum atomic E-state index is 13.5. The Bertz CT molecular complexity index is 3320. The molecule has 2 amide bonds. The topological polar surface area (TPSA) is 186 Å². The number of alkyl halides is 6. The molecule has 23 heteroatoms. The number of benzene rings is 2. The van der Waals surface area contributed by atoms with E-state index in [0.29, 0.717) is 87.5 Å². The van der Waals surface area contributed by atoms with Crippen LogP contribution in [0.3, 0.4) is 0 Å². The van der Waals surface area contributed by atoms with Crippen LogP contribution in [0.15, 0.2) is 84.9 Å². The molecular weight excluding hydrogens is 962 g/mol. The van der Waals surface area contributed by atoms with Gasteiger partial charge in [0, 0.05) is 54.7 Å². The van der Waals surface area contributed by atoms with E-state index in [1.807, 2.05) is 38.1 Å². The van der Waals surface area contributed by atoms with Gasteiger partial charge in [0.25, 0.3) is 0 Å². The van der Waals surface area contributed by atoms with Crippen LogP contribution in [-0.4, -0.2) is 84.6 Å². The van der Waals surface area contributed by atoms with Gasteiger partial charge >= 0.3 is 18.4 Å². The smallest absolute Gasteiger partial charge is 0.384 e. The molecule has 4 aliphatic heterocycles. The molecule has 8 aromatic rings. The second kappa shape index (κ2) is 17.8. The number of fused-ring (bicyclic) bond motifs is 10. The zero-order valence-corrected chi connectivity index (χ0v) is 38.5. The van der Waals surface area contributed by atoms with E-state index in [-0.39, 0.29) is 22.3 Å². The molecule has 0 radical (unpaired) electrons. The zero-order valence-electron chi connectivity index (χ0n) is 37.0. The SMILES string of the molecule is Cc1ccc2c(N)[nH]nc2n1.Cc1ccc2c(NC(=O)N3c4nc(-c5cccc(C(F)(F)F)c5)c(Cl)cc4N4CC[C@H]3C4)n[nH]c2n1.FC(F)(F)c1cccc(-c2nc3c(cc2Cl)N2CC[C@@H](C2)N3)c1. The molecule has 2 aromatic carbocycles. The first-order valence-corrected chi connectivity index (χ1v) is 22.7. The second-order valence-electron chi connectivity index (χ2n) is 17.2. The summed E-state index contributed by atoms with van der Waals surface area (Å²) < 4.78 is 78.6. The number of nitrogens with two attached hydrogens (primary N) is 1.